The van der Waals surface area contributed by atoms with E-state index < -0.39 is 0 Å². The minimum atomic E-state index is 0.116. The Kier molecular flexibility index (Phi) is 9.34. The molecule has 0 saturated carbocycles. The highest BCUT2D eigenvalue weighted by molar-refractivity contribution is 6.06. The summed E-state index contributed by atoms with van der Waals surface area (Å²) in [5, 5.41) is 2.17. The van der Waals surface area contributed by atoms with Gasteiger partial charge in [0, 0.05) is 38.9 Å². The number of aryl methyl sites for hydroxylation is 1. The number of hydrogen-bond acceptors (Lipinski definition) is 5. The maximum atomic E-state index is 13.1. The van der Waals surface area contributed by atoms with Gasteiger partial charge in [-0.05, 0) is 86.3 Å². The van der Waals surface area contributed by atoms with Gasteiger partial charge in [0.2, 0.25) is 0 Å². The van der Waals surface area contributed by atoms with Gasteiger partial charge in [-0.3, -0.25) is 9.79 Å². The molecule has 0 aliphatic carbocycles. The molecule has 0 bridgehead atoms. The van der Waals surface area contributed by atoms with Crippen LogP contribution < -0.4 is 4.74 Å². The Labute approximate surface area is 229 Å². The first kappa shape index (κ1) is 27.1. The van der Waals surface area contributed by atoms with Crippen LogP contribution in [-0.4, -0.2) is 85.3 Å². The summed E-state index contributed by atoms with van der Waals surface area (Å²) < 4.78 is 6.20. The highest BCUT2D eigenvalue weighted by Gasteiger charge is 2.31. The lowest BCUT2D eigenvalue weighted by molar-refractivity contribution is 0.0775. The number of carbonyl (C=O) groups is 1. The third kappa shape index (κ3) is 6.58. The number of nitrogens with zero attached hydrogens (tertiary/aromatic N) is 4. The van der Waals surface area contributed by atoms with Gasteiger partial charge in [-0.2, -0.15) is 0 Å². The van der Waals surface area contributed by atoms with E-state index in [2.05, 4.69) is 41.8 Å². The quantitative estimate of drug-likeness (QED) is 0.313. The van der Waals surface area contributed by atoms with Crippen LogP contribution >= 0.6 is 0 Å². The predicted octanol–water partition coefficient (Wildman–Crippen LogP) is 6.22. The number of hydrogen-bond donors (Lipinski definition) is 0. The molecule has 3 heterocycles. The number of rotatable bonds is 12. The lowest BCUT2D eigenvalue weighted by Crippen LogP contribution is -2.46. The molecule has 0 unspecified atom stereocenters. The topological polar surface area (TPSA) is 48.4 Å². The molecule has 6 nitrogen and oxygen atoms in total. The number of benzene rings is 2. The Balaban J connectivity index is 1.02. The van der Waals surface area contributed by atoms with Gasteiger partial charge in [-0.1, -0.05) is 39.0 Å². The van der Waals surface area contributed by atoms with E-state index >= 15 is 0 Å². The zero-order valence-corrected chi connectivity index (χ0v) is 23.6. The summed E-state index contributed by atoms with van der Waals surface area (Å²) >= 11 is 0. The number of fused-ring (bicyclic) bond motifs is 3. The molecule has 6 heteroatoms. The van der Waals surface area contributed by atoms with Crippen LogP contribution in [0.3, 0.4) is 0 Å². The lowest BCUT2D eigenvalue weighted by atomic mass is 10.0. The standard InChI is InChI=1S/C32H46N4O2/c1-3-34-15-17-35(18-16-34)13-9-7-5-4-6-8-10-19-38-31-23-27-22-30-29(21-26(27)20-25(31)2)32(37)36-14-11-12-28(36)24-33-30/h20-24,28H,3-19H2,1-2H3/t28-/m0/s1. The molecule has 3 aliphatic heterocycles. The van der Waals surface area contributed by atoms with E-state index in [1.54, 1.807) is 0 Å². The predicted molar refractivity (Wildman–Crippen MR) is 157 cm³/mol. The lowest BCUT2D eigenvalue weighted by Gasteiger charge is -2.33. The number of likely N-dealkylation sites (N-methyl/N-ethyl adjacent to an activating group) is 1. The SMILES string of the molecule is CCN1CCN(CCCCCCCCCOc2cc3cc4c(cc3cc2C)C(=O)N2CCC[C@H]2C=N4)CC1. The van der Waals surface area contributed by atoms with E-state index in [-0.39, 0.29) is 11.9 Å². The van der Waals surface area contributed by atoms with Crippen molar-refractivity contribution in [2.45, 2.75) is 77.7 Å². The first-order valence-corrected chi connectivity index (χ1v) is 15.1. The second-order valence-corrected chi connectivity index (χ2v) is 11.4. The number of piperazine rings is 1. The number of carbonyl (C=O) groups excluding carboxylic acids is 1. The maximum Gasteiger partial charge on any atom is 0.256 e. The average Bonchev–Trinajstić information content (AvgIpc) is 3.37. The molecule has 0 aromatic heterocycles. The van der Waals surface area contributed by atoms with Crippen molar-refractivity contribution in [3.8, 4) is 5.75 Å². The van der Waals surface area contributed by atoms with Gasteiger partial charge in [0.1, 0.15) is 5.75 Å². The Morgan fingerprint density at radius 3 is 2.37 bits per heavy atom. The van der Waals surface area contributed by atoms with E-state index in [1.807, 2.05) is 17.2 Å². The first-order chi connectivity index (χ1) is 18.6. The Hall–Kier alpha value is -2.44. The van der Waals surface area contributed by atoms with Crippen LogP contribution in [0.1, 0.15) is 80.6 Å². The molecular weight excluding hydrogens is 472 g/mol. The van der Waals surface area contributed by atoms with Crippen molar-refractivity contribution >= 4 is 28.6 Å². The molecule has 2 saturated heterocycles. The molecule has 2 aromatic rings. The zero-order chi connectivity index (χ0) is 26.3. The van der Waals surface area contributed by atoms with Crippen LogP contribution in [0, 0.1) is 6.92 Å². The third-order valence-corrected chi connectivity index (χ3v) is 8.71. The summed E-state index contributed by atoms with van der Waals surface area (Å²) in [5.74, 6) is 1.06. The minimum Gasteiger partial charge on any atom is -0.493 e. The Bertz CT molecular complexity index is 1120. The van der Waals surface area contributed by atoms with E-state index in [9.17, 15) is 4.79 Å². The maximum absolute atomic E-state index is 13.1. The van der Waals surface area contributed by atoms with Gasteiger partial charge < -0.3 is 19.4 Å². The second-order valence-electron chi connectivity index (χ2n) is 11.4. The molecule has 1 amide bonds. The fraction of sp³-hybridized carbons (Fsp3) is 0.625. The number of ether oxygens (including phenoxy) is 1. The Morgan fingerprint density at radius 1 is 0.868 bits per heavy atom. The first-order valence-electron chi connectivity index (χ1n) is 15.1. The minimum absolute atomic E-state index is 0.116. The summed E-state index contributed by atoms with van der Waals surface area (Å²) in [6.45, 7) is 13.4. The summed E-state index contributed by atoms with van der Waals surface area (Å²) in [6.07, 6.45) is 13.0. The van der Waals surface area contributed by atoms with Crippen molar-refractivity contribution in [1.29, 1.82) is 0 Å². The van der Waals surface area contributed by atoms with Gasteiger partial charge >= 0.3 is 0 Å². The van der Waals surface area contributed by atoms with Crippen LogP contribution in [0.5, 0.6) is 5.75 Å². The molecule has 2 aromatic carbocycles. The van der Waals surface area contributed by atoms with Crippen LogP contribution in [0.25, 0.3) is 10.8 Å². The fourth-order valence-electron chi connectivity index (χ4n) is 6.22. The van der Waals surface area contributed by atoms with Crippen molar-refractivity contribution in [2.24, 2.45) is 4.99 Å². The fourth-order valence-corrected chi connectivity index (χ4v) is 6.22. The molecule has 5 rings (SSSR count). The summed E-state index contributed by atoms with van der Waals surface area (Å²) in [6, 6.07) is 8.50. The highest BCUT2D eigenvalue weighted by atomic mass is 16.5. The summed E-state index contributed by atoms with van der Waals surface area (Å²) in [7, 11) is 0. The van der Waals surface area contributed by atoms with Crippen LogP contribution in [-0.2, 0) is 0 Å². The van der Waals surface area contributed by atoms with Crippen LogP contribution in [0.2, 0.25) is 0 Å². The van der Waals surface area contributed by atoms with Crippen LogP contribution in [0.4, 0.5) is 5.69 Å². The number of aliphatic imine (C=N–C) groups is 1. The smallest absolute Gasteiger partial charge is 0.256 e. The molecular formula is C32H46N4O2. The van der Waals surface area contributed by atoms with Crippen molar-refractivity contribution in [3.05, 3.63) is 35.4 Å². The van der Waals surface area contributed by atoms with E-state index in [0.29, 0.717) is 0 Å². The number of amides is 1. The van der Waals surface area contributed by atoms with Gasteiger partial charge in [0.25, 0.3) is 5.91 Å². The molecule has 0 spiro atoms. The molecule has 0 radical (unpaired) electrons. The zero-order valence-electron chi connectivity index (χ0n) is 23.6. The van der Waals surface area contributed by atoms with Gasteiger partial charge in [-0.25, -0.2) is 0 Å². The normalized spacial score (nSPS) is 20.1. The van der Waals surface area contributed by atoms with Crippen LogP contribution in [0.15, 0.2) is 29.3 Å². The summed E-state index contributed by atoms with van der Waals surface area (Å²) in [5.41, 5.74) is 2.63. The molecule has 206 valence electrons. The molecule has 0 N–H and O–H groups in total. The highest BCUT2D eigenvalue weighted by Crippen LogP contribution is 2.34. The molecule has 3 aliphatic rings. The monoisotopic (exact) mass is 518 g/mol. The van der Waals surface area contributed by atoms with Gasteiger partial charge in [-0.15, -0.1) is 0 Å². The van der Waals surface area contributed by atoms with E-state index in [4.69, 9.17) is 9.73 Å². The molecule has 2 fully saturated rings. The third-order valence-electron chi connectivity index (χ3n) is 8.71. The molecule has 38 heavy (non-hydrogen) atoms. The average molecular weight is 519 g/mol. The van der Waals surface area contributed by atoms with Crippen molar-refractivity contribution in [3.63, 3.8) is 0 Å². The molecule has 1 atom stereocenters. The van der Waals surface area contributed by atoms with Crippen molar-refractivity contribution in [2.75, 3.05) is 52.4 Å². The van der Waals surface area contributed by atoms with Crippen molar-refractivity contribution in [1.82, 2.24) is 14.7 Å². The largest absolute Gasteiger partial charge is 0.493 e. The van der Waals surface area contributed by atoms with Gasteiger partial charge in [0.15, 0.2) is 0 Å². The Morgan fingerprint density at radius 2 is 1.58 bits per heavy atom. The van der Waals surface area contributed by atoms with E-state index in [1.165, 1.54) is 77.8 Å². The second kappa shape index (κ2) is 13.1. The number of unbranched alkanes of at least 4 members (excludes halogenated alkanes) is 6. The van der Waals surface area contributed by atoms with E-state index in [0.717, 1.165) is 65.8 Å². The van der Waals surface area contributed by atoms with Gasteiger partial charge in [0.05, 0.1) is 23.9 Å². The summed E-state index contributed by atoms with van der Waals surface area (Å²) in [4.78, 5) is 25.0. The van der Waals surface area contributed by atoms with Crippen molar-refractivity contribution < 1.29 is 9.53 Å².